The Morgan fingerprint density at radius 1 is 1.14 bits per heavy atom. The van der Waals surface area contributed by atoms with E-state index in [0.717, 1.165) is 11.1 Å². The van der Waals surface area contributed by atoms with E-state index in [0.29, 0.717) is 22.6 Å². The summed E-state index contributed by atoms with van der Waals surface area (Å²) >= 11 is 0. The van der Waals surface area contributed by atoms with Crippen molar-refractivity contribution in [1.29, 1.82) is 0 Å². The molecule has 3 rings (SSSR count). The fourth-order valence-electron chi connectivity index (χ4n) is 2.32. The van der Waals surface area contributed by atoms with Crippen molar-refractivity contribution in [3.8, 4) is 22.4 Å². The molecule has 21 heavy (non-hydrogen) atoms. The fourth-order valence-corrected chi connectivity index (χ4v) is 2.32. The number of aromatic amines is 1. The molecule has 3 aromatic rings. The molecule has 0 unspecified atom stereocenters. The van der Waals surface area contributed by atoms with Crippen LogP contribution in [0.25, 0.3) is 22.4 Å². The first kappa shape index (κ1) is 13.3. The molecule has 3 N–H and O–H groups in total. The van der Waals surface area contributed by atoms with Gasteiger partial charge in [0.05, 0.1) is 17.5 Å². The minimum atomic E-state index is -0.411. The SMILES string of the molecule is Cc1ccc(-c2c(N)n[nH]c2-c2ccncc2F)cc1C. The van der Waals surface area contributed by atoms with Crippen LogP contribution >= 0.6 is 0 Å². The first-order valence-corrected chi connectivity index (χ1v) is 6.59. The summed E-state index contributed by atoms with van der Waals surface area (Å²) < 4.78 is 14.0. The number of aromatic nitrogens is 3. The van der Waals surface area contributed by atoms with Crippen LogP contribution in [-0.2, 0) is 0 Å². The maximum absolute atomic E-state index is 14.0. The Balaban J connectivity index is 2.22. The van der Waals surface area contributed by atoms with Crippen molar-refractivity contribution >= 4 is 5.82 Å². The highest BCUT2D eigenvalue weighted by Crippen LogP contribution is 2.36. The molecule has 0 bridgehead atoms. The normalized spacial score (nSPS) is 10.8. The van der Waals surface area contributed by atoms with Crippen molar-refractivity contribution in [1.82, 2.24) is 15.2 Å². The molecule has 0 fully saturated rings. The Labute approximate surface area is 121 Å². The first-order chi connectivity index (χ1) is 10.1. The van der Waals surface area contributed by atoms with Crippen molar-refractivity contribution in [2.75, 3.05) is 5.73 Å². The van der Waals surface area contributed by atoms with Crippen LogP contribution in [-0.4, -0.2) is 15.2 Å². The number of hydrogen-bond donors (Lipinski definition) is 2. The number of anilines is 1. The van der Waals surface area contributed by atoms with Crippen LogP contribution in [0.2, 0.25) is 0 Å². The molecule has 0 aliphatic heterocycles. The van der Waals surface area contributed by atoms with Gasteiger partial charge in [0.2, 0.25) is 0 Å². The third-order valence-electron chi connectivity index (χ3n) is 3.63. The molecule has 0 saturated heterocycles. The van der Waals surface area contributed by atoms with E-state index in [1.165, 1.54) is 11.8 Å². The van der Waals surface area contributed by atoms with Gasteiger partial charge >= 0.3 is 0 Å². The summed E-state index contributed by atoms with van der Waals surface area (Å²) in [5.74, 6) is -0.0595. The van der Waals surface area contributed by atoms with Crippen LogP contribution in [0.4, 0.5) is 10.2 Å². The summed E-state index contributed by atoms with van der Waals surface area (Å²) in [5, 5.41) is 6.85. The third kappa shape index (κ3) is 2.27. The molecule has 0 radical (unpaired) electrons. The predicted octanol–water partition coefficient (Wildman–Crippen LogP) is 3.48. The molecule has 0 amide bonds. The number of pyridine rings is 1. The van der Waals surface area contributed by atoms with Crippen molar-refractivity contribution in [3.63, 3.8) is 0 Å². The summed E-state index contributed by atoms with van der Waals surface area (Å²) in [6, 6.07) is 7.61. The molecule has 4 nitrogen and oxygen atoms in total. The van der Waals surface area contributed by atoms with E-state index in [9.17, 15) is 4.39 Å². The van der Waals surface area contributed by atoms with Crippen LogP contribution in [0.5, 0.6) is 0 Å². The lowest BCUT2D eigenvalue weighted by molar-refractivity contribution is 0.624. The van der Waals surface area contributed by atoms with Gasteiger partial charge < -0.3 is 5.73 Å². The van der Waals surface area contributed by atoms with Crippen molar-refractivity contribution < 1.29 is 4.39 Å². The van der Waals surface area contributed by atoms with Crippen LogP contribution in [0.15, 0.2) is 36.7 Å². The highest BCUT2D eigenvalue weighted by Gasteiger charge is 2.17. The lowest BCUT2D eigenvalue weighted by Gasteiger charge is -2.08. The quantitative estimate of drug-likeness (QED) is 0.756. The van der Waals surface area contributed by atoms with Crippen LogP contribution in [0.3, 0.4) is 0 Å². The van der Waals surface area contributed by atoms with Crippen molar-refractivity contribution in [3.05, 3.63) is 53.6 Å². The van der Waals surface area contributed by atoms with E-state index in [2.05, 4.69) is 15.2 Å². The number of benzene rings is 1. The zero-order valence-corrected chi connectivity index (χ0v) is 11.8. The van der Waals surface area contributed by atoms with Gasteiger partial charge in [-0.25, -0.2) is 4.39 Å². The second kappa shape index (κ2) is 5.01. The number of nitrogen functional groups attached to an aromatic ring is 1. The summed E-state index contributed by atoms with van der Waals surface area (Å²) in [7, 11) is 0. The van der Waals surface area contributed by atoms with Gasteiger partial charge in [-0.2, -0.15) is 5.10 Å². The maximum Gasteiger partial charge on any atom is 0.153 e. The minimum Gasteiger partial charge on any atom is -0.382 e. The van der Waals surface area contributed by atoms with E-state index in [1.54, 1.807) is 12.3 Å². The maximum atomic E-state index is 14.0. The lowest BCUT2D eigenvalue weighted by atomic mass is 9.98. The minimum absolute atomic E-state index is 0.351. The number of halogens is 1. The molecule has 0 aliphatic rings. The van der Waals surface area contributed by atoms with E-state index < -0.39 is 5.82 Å². The van der Waals surface area contributed by atoms with Gasteiger partial charge in [-0.15, -0.1) is 0 Å². The van der Waals surface area contributed by atoms with Gasteiger partial charge in [0.15, 0.2) is 11.6 Å². The van der Waals surface area contributed by atoms with Crippen LogP contribution in [0, 0.1) is 19.7 Å². The van der Waals surface area contributed by atoms with E-state index >= 15 is 0 Å². The standard InChI is InChI=1S/C16H15FN4/c1-9-3-4-11(7-10(9)2)14-15(20-21-16(14)18)12-5-6-19-8-13(12)17/h3-8H,1-2H3,(H3,18,20,21). The van der Waals surface area contributed by atoms with E-state index in [-0.39, 0.29) is 0 Å². The Morgan fingerprint density at radius 3 is 2.67 bits per heavy atom. The van der Waals surface area contributed by atoms with Gasteiger partial charge in [0, 0.05) is 11.8 Å². The van der Waals surface area contributed by atoms with Gasteiger partial charge in [0.25, 0.3) is 0 Å². The molecular weight excluding hydrogens is 267 g/mol. The van der Waals surface area contributed by atoms with Crippen LogP contribution in [0.1, 0.15) is 11.1 Å². The van der Waals surface area contributed by atoms with Crippen molar-refractivity contribution in [2.24, 2.45) is 0 Å². The molecule has 0 aliphatic carbocycles. The zero-order valence-electron chi connectivity index (χ0n) is 11.8. The van der Waals surface area contributed by atoms with Gasteiger partial charge in [-0.05, 0) is 36.6 Å². The summed E-state index contributed by atoms with van der Waals surface area (Å²) in [6.07, 6.45) is 2.72. The number of nitrogens with zero attached hydrogens (tertiary/aromatic N) is 2. The first-order valence-electron chi connectivity index (χ1n) is 6.59. The molecule has 2 heterocycles. The zero-order chi connectivity index (χ0) is 15.0. The number of rotatable bonds is 2. The average molecular weight is 282 g/mol. The molecule has 0 saturated carbocycles. The van der Waals surface area contributed by atoms with Gasteiger partial charge in [0.1, 0.15) is 0 Å². The summed E-state index contributed by atoms with van der Waals surface area (Å²) in [6.45, 7) is 4.07. The number of H-pyrrole nitrogens is 1. The number of hydrogen-bond acceptors (Lipinski definition) is 3. The molecule has 106 valence electrons. The average Bonchev–Trinajstić information content (AvgIpc) is 2.84. The fraction of sp³-hybridized carbons (Fsp3) is 0.125. The Morgan fingerprint density at radius 2 is 1.95 bits per heavy atom. The smallest absolute Gasteiger partial charge is 0.153 e. The van der Waals surface area contributed by atoms with Gasteiger partial charge in [-0.3, -0.25) is 10.1 Å². The van der Waals surface area contributed by atoms with E-state index in [4.69, 9.17) is 5.73 Å². The largest absolute Gasteiger partial charge is 0.382 e. The van der Waals surface area contributed by atoms with E-state index in [1.807, 2.05) is 32.0 Å². The predicted molar refractivity (Wildman–Crippen MR) is 81.1 cm³/mol. The molecule has 2 aromatic heterocycles. The lowest BCUT2D eigenvalue weighted by Crippen LogP contribution is -1.92. The Kier molecular flexibility index (Phi) is 3.17. The molecule has 1 aromatic carbocycles. The Hall–Kier alpha value is -2.69. The number of aryl methyl sites for hydroxylation is 2. The summed E-state index contributed by atoms with van der Waals surface area (Å²) in [5.41, 5.74) is 10.9. The monoisotopic (exact) mass is 282 g/mol. The van der Waals surface area contributed by atoms with Crippen LogP contribution < -0.4 is 5.73 Å². The second-order valence-electron chi connectivity index (χ2n) is 5.01. The molecule has 5 heteroatoms. The number of nitrogens with one attached hydrogen (secondary N) is 1. The molecular formula is C16H15FN4. The highest BCUT2D eigenvalue weighted by molar-refractivity contribution is 5.88. The third-order valence-corrected chi connectivity index (χ3v) is 3.63. The number of nitrogens with two attached hydrogens (primary N) is 1. The van der Waals surface area contributed by atoms with Gasteiger partial charge in [-0.1, -0.05) is 18.2 Å². The molecule has 0 spiro atoms. The highest BCUT2D eigenvalue weighted by atomic mass is 19.1. The van der Waals surface area contributed by atoms with Crippen molar-refractivity contribution in [2.45, 2.75) is 13.8 Å². The second-order valence-corrected chi connectivity index (χ2v) is 5.01. The topological polar surface area (TPSA) is 67.6 Å². The Bertz CT molecular complexity index is 808. The molecule has 0 atom stereocenters. The summed E-state index contributed by atoms with van der Waals surface area (Å²) in [4.78, 5) is 3.76.